The highest BCUT2D eigenvalue weighted by molar-refractivity contribution is 7.22. The van der Waals surface area contributed by atoms with Gasteiger partial charge in [-0.2, -0.15) is 5.10 Å². The second-order valence-corrected chi connectivity index (χ2v) is 7.24. The summed E-state index contributed by atoms with van der Waals surface area (Å²) in [6, 6.07) is 10.3. The standard InChI is InChI=1S/C17H13FN4OS2/c18-12-4-1-5-13-15(12)20-17(25-13)22(10-9-21-8-3-7-19-21)16(23)14-6-2-11-24-14/h1-8,11H,9-10H2. The molecule has 0 aliphatic heterocycles. The van der Waals surface area contributed by atoms with Crippen molar-refractivity contribution in [2.75, 3.05) is 11.4 Å². The first-order valence-electron chi connectivity index (χ1n) is 7.60. The van der Waals surface area contributed by atoms with E-state index in [0.29, 0.717) is 28.6 Å². The molecule has 8 heteroatoms. The van der Waals surface area contributed by atoms with Crippen molar-refractivity contribution >= 4 is 43.9 Å². The average molecular weight is 372 g/mol. The molecule has 0 radical (unpaired) electrons. The van der Waals surface area contributed by atoms with Crippen molar-refractivity contribution in [3.8, 4) is 0 Å². The molecule has 0 aliphatic carbocycles. The van der Waals surface area contributed by atoms with Gasteiger partial charge in [-0.15, -0.1) is 11.3 Å². The van der Waals surface area contributed by atoms with E-state index in [0.717, 1.165) is 4.70 Å². The van der Waals surface area contributed by atoms with Gasteiger partial charge in [0.15, 0.2) is 5.13 Å². The van der Waals surface area contributed by atoms with E-state index in [2.05, 4.69) is 10.1 Å². The molecule has 3 aromatic heterocycles. The summed E-state index contributed by atoms with van der Waals surface area (Å²) in [7, 11) is 0. The van der Waals surface area contributed by atoms with Crippen LogP contribution in [0.15, 0.2) is 54.2 Å². The zero-order valence-corrected chi connectivity index (χ0v) is 14.6. The summed E-state index contributed by atoms with van der Waals surface area (Å²) >= 11 is 2.69. The Labute approximate surface area is 151 Å². The highest BCUT2D eigenvalue weighted by Crippen LogP contribution is 2.31. The molecular formula is C17H13FN4OS2. The molecule has 5 nitrogen and oxygen atoms in total. The predicted molar refractivity (Wildman–Crippen MR) is 97.8 cm³/mol. The van der Waals surface area contributed by atoms with Gasteiger partial charge in [0.05, 0.1) is 16.1 Å². The Morgan fingerprint density at radius 1 is 1.24 bits per heavy atom. The lowest BCUT2D eigenvalue weighted by Gasteiger charge is -2.19. The fourth-order valence-corrected chi connectivity index (χ4v) is 4.15. The number of anilines is 1. The molecule has 0 saturated carbocycles. The van der Waals surface area contributed by atoms with Crippen LogP contribution in [0.4, 0.5) is 9.52 Å². The second kappa shape index (κ2) is 6.73. The predicted octanol–water partition coefficient (Wildman–Crippen LogP) is 4.04. The number of carbonyl (C=O) groups excluding carboxylic acids is 1. The summed E-state index contributed by atoms with van der Waals surface area (Å²) in [5.74, 6) is -0.516. The summed E-state index contributed by atoms with van der Waals surface area (Å²) in [6.07, 6.45) is 3.53. The molecule has 0 spiro atoms. The van der Waals surface area contributed by atoms with Crippen LogP contribution in [0.5, 0.6) is 0 Å². The number of aromatic nitrogens is 3. The number of benzene rings is 1. The Morgan fingerprint density at radius 3 is 2.88 bits per heavy atom. The minimum Gasteiger partial charge on any atom is -0.281 e. The van der Waals surface area contributed by atoms with Crippen LogP contribution < -0.4 is 4.90 Å². The Bertz CT molecular complexity index is 995. The van der Waals surface area contributed by atoms with Crippen LogP contribution >= 0.6 is 22.7 Å². The molecule has 0 bridgehead atoms. The van der Waals surface area contributed by atoms with Crippen LogP contribution in [0.2, 0.25) is 0 Å². The topological polar surface area (TPSA) is 51.0 Å². The lowest BCUT2D eigenvalue weighted by atomic mass is 10.3. The fraction of sp³-hybridized carbons (Fsp3) is 0.118. The molecule has 4 aromatic rings. The number of para-hydroxylation sites is 1. The van der Waals surface area contributed by atoms with Crippen molar-refractivity contribution in [3.05, 3.63) is 64.9 Å². The third-order valence-corrected chi connectivity index (χ3v) is 5.58. The number of halogens is 1. The Balaban J connectivity index is 1.70. The maximum absolute atomic E-state index is 14.0. The van der Waals surface area contributed by atoms with E-state index in [1.165, 1.54) is 28.7 Å². The van der Waals surface area contributed by atoms with E-state index >= 15 is 0 Å². The minimum absolute atomic E-state index is 0.137. The van der Waals surface area contributed by atoms with Crippen LogP contribution in [0.3, 0.4) is 0 Å². The van der Waals surface area contributed by atoms with Gasteiger partial charge in [-0.05, 0) is 29.6 Å². The third-order valence-electron chi connectivity index (χ3n) is 3.68. The van der Waals surface area contributed by atoms with Crippen molar-refractivity contribution in [1.82, 2.24) is 14.8 Å². The number of thiophene rings is 1. The van der Waals surface area contributed by atoms with Gasteiger partial charge in [0, 0.05) is 18.9 Å². The van der Waals surface area contributed by atoms with E-state index < -0.39 is 0 Å². The van der Waals surface area contributed by atoms with Gasteiger partial charge in [0.2, 0.25) is 0 Å². The molecule has 1 aromatic carbocycles. The Kier molecular flexibility index (Phi) is 4.29. The Morgan fingerprint density at radius 2 is 2.16 bits per heavy atom. The molecule has 126 valence electrons. The van der Waals surface area contributed by atoms with Gasteiger partial charge >= 0.3 is 0 Å². The molecule has 0 N–H and O–H groups in total. The first-order chi connectivity index (χ1) is 12.2. The van der Waals surface area contributed by atoms with E-state index in [1.807, 2.05) is 23.7 Å². The van der Waals surface area contributed by atoms with Crippen molar-refractivity contribution < 1.29 is 9.18 Å². The van der Waals surface area contributed by atoms with Gasteiger partial charge in [0.25, 0.3) is 5.91 Å². The normalized spacial score (nSPS) is 11.1. The number of thiazole rings is 1. The molecule has 4 rings (SSSR count). The number of nitrogens with zero attached hydrogens (tertiary/aromatic N) is 4. The van der Waals surface area contributed by atoms with Gasteiger partial charge in [0.1, 0.15) is 11.3 Å². The molecule has 3 heterocycles. The van der Waals surface area contributed by atoms with Crippen LogP contribution in [0.1, 0.15) is 9.67 Å². The fourth-order valence-electron chi connectivity index (χ4n) is 2.47. The first kappa shape index (κ1) is 15.9. The summed E-state index contributed by atoms with van der Waals surface area (Å²) < 4.78 is 16.4. The van der Waals surface area contributed by atoms with Crippen LogP contribution in [0, 0.1) is 5.82 Å². The number of rotatable bonds is 5. The van der Waals surface area contributed by atoms with E-state index in [9.17, 15) is 9.18 Å². The summed E-state index contributed by atoms with van der Waals surface area (Å²) in [5.41, 5.74) is 0.297. The van der Waals surface area contributed by atoms with Gasteiger partial charge in [-0.3, -0.25) is 14.4 Å². The van der Waals surface area contributed by atoms with Crippen LogP contribution in [-0.2, 0) is 6.54 Å². The maximum atomic E-state index is 14.0. The Hall–Kier alpha value is -2.58. The molecule has 0 unspecified atom stereocenters. The third kappa shape index (κ3) is 3.18. The van der Waals surface area contributed by atoms with Crippen molar-refractivity contribution in [1.29, 1.82) is 0 Å². The SMILES string of the molecule is O=C(c1cccs1)N(CCn1cccn1)c1nc2c(F)cccc2s1. The van der Waals surface area contributed by atoms with Crippen LogP contribution in [0.25, 0.3) is 10.2 Å². The first-order valence-corrected chi connectivity index (χ1v) is 9.30. The highest BCUT2D eigenvalue weighted by atomic mass is 32.1. The number of hydrogen-bond donors (Lipinski definition) is 0. The quantitative estimate of drug-likeness (QED) is 0.531. The molecule has 0 saturated heterocycles. The number of amides is 1. The molecule has 25 heavy (non-hydrogen) atoms. The average Bonchev–Trinajstić information content (AvgIpc) is 3.36. The zero-order chi connectivity index (χ0) is 17.2. The molecular weight excluding hydrogens is 359 g/mol. The molecule has 0 fully saturated rings. The lowest BCUT2D eigenvalue weighted by molar-refractivity contribution is 0.0989. The number of fused-ring (bicyclic) bond motifs is 1. The molecule has 1 amide bonds. The smallest absolute Gasteiger partial charge is 0.270 e. The maximum Gasteiger partial charge on any atom is 0.270 e. The largest absolute Gasteiger partial charge is 0.281 e. The van der Waals surface area contributed by atoms with Crippen molar-refractivity contribution in [2.45, 2.75) is 6.54 Å². The monoisotopic (exact) mass is 372 g/mol. The second-order valence-electron chi connectivity index (χ2n) is 5.29. The van der Waals surface area contributed by atoms with Gasteiger partial charge in [-0.1, -0.05) is 23.5 Å². The lowest BCUT2D eigenvalue weighted by Crippen LogP contribution is -2.33. The van der Waals surface area contributed by atoms with E-state index in [1.54, 1.807) is 34.0 Å². The highest BCUT2D eigenvalue weighted by Gasteiger charge is 2.22. The van der Waals surface area contributed by atoms with E-state index in [4.69, 9.17) is 0 Å². The number of carbonyl (C=O) groups is 1. The van der Waals surface area contributed by atoms with E-state index in [-0.39, 0.29) is 11.7 Å². The van der Waals surface area contributed by atoms with Gasteiger partial charge in [-0.25, -0.2) is 9.37 Å². The zero-order valence-electron chi connectivity index (χ0n) is 13.0. The minimum atomic E-state index is -0.379. The van der Waals surface area contributed by atoms with Gasteiger partial charge < -0.3 is 0 Å². The summed E-state index contributed by atoms with van der Waals surface area (Å²) in [6.45, 7) is 0.933. The summed E-state index contributed by atoms with van der Waals surface area (Å²) in [5, 5.41) is 6.51. The number of hydrogen-bond acceptors (Lipinski definition) is 5. The molecule has 0 atom stereocenters. The molecule has 0 aliphatic rings. The van der Waals surface area contributed by atoms with Crippen LogP contribution in [-0.4, -0.2) is 27.2 Å². The summed E-state index contributed by atoms with van der Waals surface area (Å²) in [4.78, 5) is 19.5. The van der Waals surface area contributed by atoms with Crippen molar-refractivity contribution in [3.63, 3.8) is 0 Å². The van der Waals surface area contributed by atoms with Crippen molar-refractivity contribution in [2.24, 2.45) is 0 Å².